The van der Waals surface area contributed by atoms with Crippen molar-refractivity contribution in [1.82, 2.24) is 25.1 Å². The first kappa shape index (κ1) is 18.2. The molecule has 9 heteroatoms. The quantitative estimate of drug-likeness (QED) is 0.402. The zero-order valence-electron chi connectivity index (χ0n) is 15.2. The van der Waals surface area contributed by atoms with Crippen LogP contribution in [0.1, 0.15) is 23.6 Å². The zero-order chi connectivity index (χ0) is 19.7. The molecule has 0 saturated heterocycles. The molecule has 0 amide bonds. The summed E-state index contributed by atoms with van der Waals surface area (Å²) in [7, 11) is 0. The van der Waals surface area contributed by atoms with Crippen LogP contribution in [0.3, 0.4) is 0 Å². The fraction of sp³-hybridized carbons (Fsp3) is 0.158. The molecule has 0 bridgehead atoms. The molecule has 4 rings (SSSR count). The highest BCUT2D eigenvalue weighted by molar-refractivity contribution is 7.99. The highest BCUT2D eigenvalue weighted by Gasteiger charge is 2.21. The second-order valence-electron chi connectivity index (χ2n) is 6.23. The van der Waals surface area contributed by atoms with Crippen LogP contribution >= 0.6 is 11.8 Å². The Balaban J connectivity index is 1.54. The third-order valence-corrected chi connectivity index (χ3v) is 5.19. The third kappa shape index (κ3) is 3.48. The minimum atomic E-state index is -0.411. The third-order valence-electron chi connectivity index (χ3n) is 4.15. The largest absolute Gasteiger partial charge is 0.419 e. The number of aromatic nitrogens is 5. The van der Waals surface area contributed by atoms with Gasteiger partial charge in [0.2, 0.25) is 16.9 Å². The van der Waals surface area contributed by atoms with Gasteiger partial charge in [-0.1, -0.05) is 41.6 Å². The Hall–Kier alpha value is -3.20. The summed E-state index contributed by atoms with van der Waals surface area (Å²) in [6.07, 6.45) is 0. The number of thioether (sulfide) groups is 1. The van der Waals surface area contributed by atoms with E-state index in [1.165, 1.54) is 22.5 Å². The summed E-state index contributed by atoms with van der Waals surface area (Å²) in [5, 5.41) is 16.5. The number of rotatable bonds is 5. The van der Waals surface area contributed by atoms with Crippen molar-refractivity contribution in [3.8, 4) is 22.8 Å². The Bertz CT molecular complexity index is 1110. The topological polar surface area (TPSA) is 95.7 Å². The van der Waals surface area contributed by atoms with Crippen molar-refractivity contribution < 1.29 is 8.81 Å². The molecule has 7 nitrogen and oxygen atoms in total. The molecule has 0 aliphatic heterocycles. The number of halogens is 1. The van der Waals surface area contributed by atoms with Gasteiger partial charge in [-0.2, -0.15) is 0 Å². The SMILES string of the molecule is Cc1ccc(-c2nnc([C@@H](C)Sc3nnc(-c4ccccc4F)n3N)o2)cc1. The van der Waals surface area contributed by atoms with E-state index in [9.17, 15) is 4.39 Å². The lowest BCUT2D eigenvalue weighted by atomic mass is 10.1. The van der Waals surface area contributed by atoms with Gasteiger partial charge < -0.3 is 10.3 Å². The fourth-order valence-corrected chi connectivity index (χ4v) is 3.40. The molecule has 4 aromatic rings. The van der Waals surface area contributed by atoms with Crippen LogP contribution in [0, 0.1) is 12.7 Å². The average molecular weight is 396 g/mol. The van der Waals surface area contributed by atoms with Gasteiger partial charge in [0, 0.05) is 5.56 Å². The molecule has 1 atom stereocenters. The maximum Gasteiger partial charge on any atom is 0.247 e. The first-order valence-corrected chi connectivity index (χ1v) is 9.43. The van der Waals surface area contributed by atoms with Crippen molar-refractivity contribution in [2.75, 3.05) is 5.84 Å². The van der Waals surface area contributed by atoms with Gasteiger partial charge in [-0.3, -0.25) is 0 Å². The lowest BCUT2D eigenvalue weighted by molar-refractivity contribution is 0.509. The summed E-state index contributed by atoms with van der Waals surface area (Å²) < 4.78 is 21.1. The van der Waals surface area contributed by atoms with E-state index in [4.69, 9.17) is 10.3 Å². The van der Waals surface area contributed by atoms with Crippen LogP contribution in [0.4, 0.5) is 4.39 Å². The van der Waals surface area contributed by atoms with Crippen LogP contribution in [0.2, 0.25) is 0 Å². The van der Waals surface area contributed by atoms with E-state index in [2.05, 4.69) is 20.4 Å². The van der Waals surface area contributed by atoms with Crippen molar-refractivity contribution in [2.24, 2.45) is 0 Å². The summed E-state index contributed by atoms with van der Waals surface area (Å²) in [5.74, 6) is 6.80. The van der Waals surface area contributed by atoms with E-state index in [1.807, 2.05) is 38.1 Å². The van der Waals surface area contributed by atoms with Gasteiger partial charge in [-0.05, 0) is 38.1 Å². The van der Waals surface area contributed by atoms with Gasteiger partial charge in [0.05, 0.1) is 10.8 Å². The van der Waals surface area contributed by atoms with Crippen LogP contribution in [0.15, 0.2) is 58.1 Å². The van der Waals surface area contributed by atoms with Gasteiger partial charge in [0.1, 0.15) is 5.82 Å². The van der Waals surface area contributed by atoms with E-state index >= 15 is 0 Å². The number of hydrogen-bond acceptors (Lipinski definition) is 7. The molecule has 2 heterocycles. The highest BCUT2D eigenvalue weighted by Crippen LogP contribution is 2.35. The summed E-state index contributed by atoms with van der Waals surface area (Å²) in [6, 6.07) is 14.1. The molecule has 2 N–H and O–H groups in total. The Morgan fingerprint density at radius 1 is 1.04 bits per heavy atom. The number of nitrogens with two attached hydrogens (primary N) is 1. The number of aryl methyl sites for hydroxylation is 1. The summed E-state index contributed by atoms with van der Waals surface area (Å²) in [5.41, 5.74) is 2.29. The van der Waals surface area contributed by atoms with Crippen LogP contribution in [-0.2, 0) is 0 Å². The lowest BCUT2D eigenvalue weighted by Crippen LogP contribution is -2.12. The van der Waals surface area contributed by atoms with Crippen LogP contribution in [0.5, 0.6) is 0 Å². The van der Waals surface area contributed by atoms with E-state index < -0.39 is 5.82 Å². The molecule has 0 radical (unpaired) electrons. The highest BCUT2D eigenvalue weighted by atomic mass is 32.2. The Labute approximate surface area is 164 Å². The minimum Gasteiger partial charge on any atom is -0.419 e. The predicted molar refractivity (Wildman–Crippen MR) is 104 cm³/mol. The molecule has 0 fully saturated rings. The number of nitrogens with zero attached hydrogens (tertiary/aromatic N) is 5. The van der Waals surface area contributed by atoms with Crippen molar-refractivity contribution in [3.63, 3.8) is 0 Å². The molecule has 0 spiro atoms. The van der Waals surface area contributed by atoms with Crippen molar-refractivity contribution in [3.05, 3.63) is 65.8 Å². The monoisotopic (exact) mass is 396 g/mol. The van der Waals surface area contributed by atoms with Crippen LogP contribution in [-0.4, -0.2) is 25.1 Å². The van der Waals surface area contributed by atoms with E-state index in [0.29, 0.717) is 16.9 Å². The average Bonchev–Trinajstić information content (AvgIpc) is 3.31. The van der Waals surface area contributed by atoms with Crippen molar-refractivity contribution in [2.45, 2.75) is 24.3 Å². The summed E-state index contributed by atoms with van der Waals surface area (Å²) in [4.78, 5) is 0. The van der Waals surface area contributed by atoms with Crippen molar-refractivity contribution in [1.29, 1.82) is 0 Å². The van der Waals surface area contributed by atoms with Gasteiger partial charge in [-0.25, -0.2) is 9.07 Å². The maximum atomic E-state index is 14.0. The molecule has 28 heavy (non-hydrogen) atoms. The number of hydrogen-bond donors (Lipinski definition) is 1. The number of nitrogen functional groups attached to an aromatic ring is 1. The van der Waals surface area contributed by atoms with Crippen molar-refractivity contribution >= 4 is 11.8 Å². The molecule has 0 aliphatic carbocycles. The first-order chi connectivity index (χ1) is 13.5. The molecular weight excluding hydrogens is 379 g/mol. The van der Waals surface area contributed by atoms with E-state index in [0.717, 1.165) is 11.1 Å². The molecule has 0 aliphatic rings. The van der Waals surface area contributed by atoms with E-state index in [-0.39, 0.29) is 16.6 Å². The summed E-state index contributed by atoms with van der Waals surface area (Å²) in [6.45, 7) is 3.91. The maximum absolute atomic E-state index is 14.0. The Morgan fingerprint density at radius 2 is 1.79 bits per heavy atom. The zero-order valence-corrected chi connectivity index (χ0v) is 16.0. The van der Waals surface area contributed by atoms with E-state index in [1.54, 1.807) is 18.2 Å². The van der Waals surface area contributed by atoms with Gasteiger partial charge >= 0.3 is 0 Å². The van der Waals surface area contributed by atoms with Gasteiger partial charge in [0.25, 0.3) is 0 Å². The Morgan fingerprint density at radius 3 is 2.54 bits per heavy atom. The lowest BCUT2D eigenvalue weighted by Gasteiger charge is -2.07. The normalized spacial score (nSPS) is 12.2. The fourth-order valence-electron chi connectivity index (χ4n) is 2.60. The first-order valence-electron chi connectivity index (χ1n) is 8.55. The number of benzene rings is 2. The summed E-state index contributed by atoms with van der Waals surface area (Å²) >= 11 is 1.30. The smallest absolute Gasteiger partial charge is 0.247 e. The molecule has 0 unspecified atom stereocenters. The molecule has 142 valence electrons. The molecule has 2 aromatic carbocycles. The Kier molecular flexibility index (Phi) is 4.82. The van der Waals surface area contributed by atoms with Gasteiger partial charge in [0.15, 0.2) is 5.82 Å². The standard InChI is InChI=1S/C19H17FN6OS/c1-11-7-9-13(10-8-11)18-24-23-17(27-18)12(2)28-19-25-22-16(26(19)21)14-5-3-4-6-15(14)20/h3-10,12H,21H2,1-2H3/t12-/m1/s1. The van der Waals surface area contributed by atoms with Crippen LogP contribution in [0.25, 0.3) is 22.8 Å². The predicted octanol–water partition coefficient (Wildman–Crippen LogP) is 4.01. The van der Waals surface area contributed by atoms with Crippen LogP contribution < -0.4 is 5.84 Å². The second-order valence-corrected chi connectivity index (χ2v) is 7.54. The molecule has 2 aromatic heterocycles. The minimum absolute atomic E-state index is 0.216. The molecule has 0 saturated carbocycles. The van der Waals surface area contributed by atoms with Gasteiger partial charge in [-0.15, -0.1) is 20.4 Å². The molecular formula is C19H17FN6OS. The second kappa shape index (κ2) is 7.43.